The molecule has 1 unspecified atom stereocenters. The summed E-state index contributed by atoms with van der Waals surface area (Å²) in [5.74, 6) is 0.418. The van der Waals surface area contributed by atoms with E-state index in [4.69, 9.17) is 0 Å². The molecular formula is C15H28F3N. The van der Waals surface area contributed by atoms with Gasteiger partial charge in [-0.15, -0.1) is 0 Å². The molecule has 1 nitrogen and oxygen atoms in total. The molecule has 0 aromatic carbocycles. The summed E-state index contributed by atoms with van der Waals surface area (Å²) in [7, 11) is 0. The minimum Gasteiger partial charge on any atom is -0.314 e. The van der Waals surface area contributed by atoms with E-state index in [2.05, 4.69) is 26.1 Å². The molecule has 1 aliphatic carbocycles. The highest BCUT2D eigenvalue weighted by atomic mass is 19.4. The summed E-state index contributed by atoms with van der Waals surface area (Å²) in [5, 5.41) is 3.34. The average molecular weight is 279 g/mol. The van der Waals surface area contributed by atoms with Crippen molar-refractivity contribution in [1.82, 2.24) is 5.32 Å². The molecule has 0 aliphatic heterocycles. The molecule has 114 valence electrons. The fourth-order valence-electron chi connectivity index (χ4n) is 2.98. The molecule has 0 radical (unpaired) electrons. The number of hydrogen-bond donors (Lipinski definition) is 1. The molecule has 0 saturated heterocycles. The van der Waals surface area contributed by atoms with Crippen LogP contribution in [0.25, 0.3) is 0 Å². The van der Waals surface area contributed by atoms with Crippen molar-refractivity contribution in [3.63, 3.8) is 0 Å². The molecule has 4 heteroatoms. The Morgan fingerprint density at radius 3 is 2.26 bits per heavy atom. The Hall–Kier alpha value is -0.250. The largest absolute Gasteiger partial charge is 0.389 e. The Bertz CT molecular complexity index is 251. The molecule has 1 fully saturated rings. The van der Waals surface area contributed by atoms with Crippen molar-refractivity contribution in [2.75, 3.05) is 6.54 Å². The molecule has 0 aromatic rings. The Balaban J connectivity index is 2.49. The van der Waals surface area contributed by atoms with Crippen LogP contribution < -0.4 is 5.32 Å². The zero-order chi connectivity index (χ0) is 14.5. The van der Waals surface area contributed by atoms with Crippen LogP contribution in [0.15, 0.2) is 0 Å². The van der Waals surface area contributed by atoms with E-state index in [1.807, 2.05) is 0 Å². The lowest BCUT2D eigenvalue weighted by molar-refractivity contribution is -0.137. The number of alkyl halides is 3. The van der Waals surface area contributed by atoms with Gasteiger partial charge in [0.25, 0.3) is 0 Å². The van der Waals surface area contributed by atoms with Gasteiger partial charge in [-0.05, 0) is 56.4 Å². The van der Waals surface area contributed by atoms with Crippen LogP contribution in [-0.2, 0) is 0 Å². The second kappa shape index (κ2) is 6.96. The Labute approximate surface area is 115 Å². The zero-order valence-corrected chi connectivity index (χ0v) is 12.4. The quantitative estimate of drug-likeness (QED) is 0.728. The minimum absolute atomic E-state index is 0.0395. The van der Waals surface area contributed by atoms with Gasteiger partial charge in [-0.25, -0.2) is 0 Å². The fraction of sp³-hybridized carbons (Fsp3) is 1.00. The molecular weight excluding hydrogens is 251 g/mol. The van der Waals surface area contributed by atoms with Gasteiger partial charge in [0.2, 0.25) is 0 Å². The van der Waals surface area contributed by atoms with Crippen molar-refractivity contribution in [1.29, 1.82) is 0 Å². The highest BCUT2D eigenvalue weighted by Crippen LogP contribution is 2.40. The van der Waals surface area contributed by atoms with E-state index in [0.717, 1.165) is 38.6 Å². The lowest BCUT2D eigenvalue weighted by Gasteiger charge is -2.38. The molecule has 0 bridgehead atoms. The molecule has 0 heterocycles. The van der Waals surface area contributed by atoms with Gasteiger partial charge < -0.3 is 5.32 Å². The summed E-state index contributed by atoms with van der Waals surface area (Å²) in [6.07, 6.45) is 0.907. The lowest BCUT2D eigenvalue weighted by atomic mass is 9.70. The lowest BCUT2D eigenvalue weighted by Crippen LogP contribution is -2.40. The van der Waals surface area contributed by atoms with E-state index in [1.165, 1.54) is 0 Å². The number of hydrogen-bond acceptors (Lipinski definition) is 1. The minimum atomic E-state index is -4.03. The van der Waals surface area contributed by atoms with Gasteiger partial charge in [-0.1, -0.05) is 20.8 Å². The van der Waals surface area contributed by atoms with Gasteiger partial charge >= 0.3 is 6.18 Å². The van der Waals surface area contributed by atoms with Crippen LogP contribution in [0.5, 0.6) is 0 Å². The highest BCUT2D eigenvalue weighted by molar-refractivity contribution is 4.85. The van der Waals surface area contributed by atoms with Crippen molar-refractivity contribution in [3.8, 4) is 0 Å². The van der Waals surface area contributed by atoms with E-state index >= 15 is 0 Å². The maximum atomic E-state index is 12.4. The summed E-state index contributed by atoms with van der Waals surface area (Å²) >= 11 is 0. The fourth-order valence-corrected chi connectivity index (χ4v) is 2.98. The number of nitrogens with one attached hydrogen (secondary N) is 1. The molecule has 0 amide bonds. The first-order valence-electron chi connectivity index (χ1n) is 7.54. The summed E-state index contributed by atoms with van der Waals surface area (Å²) in [5.41, 5.74) is 0.371. The molecule has 19 heavy (non-hydrogen) atoms. The van der Waals surface area contributed by atoms with Gasteiger partial charge in [0.05, 0.1) is 0 Å². The maximum absolute atomic E-state index is 12.4. The molecule has 0 spiro atoms. The number of halogens is 3. The molecule has 0 aromatic heterocycles. The van der Waals surface area contributed by atoms with E-state index in [-0.39, 0.29) is 12.5 Å². The Morgan fingerprint density at radius 1 is 1.21 bits per heavy atom. The van der Waals surface area contributed by atoms with Gasteiger partial charge in [0, 0.05) is 12.5 Å². The molecule has 1 rings (SSSR count). The van der Waals surface area contributed by atoms with Crippen LogP contribution in [0, 0.1) is 11.3 Å². The zero-order valence-electron chi connectivity index (χ0n) is 12.4. The Morgan fingerprint density at radius 2 is 1.79 bits per heavy atom. The van der Waals surface area contributed by atoms with Crippen molar-refractivity contribution in [2.24, 2.45) is 11.3 Å². The van der Waals surface area contributed by atoms with Crippen molar-refractivity contribution in [2.45, 2.75) is 77.9 Å². The molecule has 1 saturated carbocycles. The first-order chi connectivity index (χ1) is 8.73. The van der Waals surface area contributed by atoms with Crippen molar-refractivity contribution >= 4 is 0 Å². The van der Waals surface area contributed by atoms with Gasteiger partial charge in [0.1, 0.15) is 0 Å². The third kappa shape index (κ3) is 6.64. The SMILES string of the molecule is CCCNC(CCC(F)(F)F)C1CCC(C)(C)CC1. The molecule has 1 aliphatic rings. The third-order valence-corrected chi connectivity index (χ3v) is 4.35. The van der Waals surface area contributed by atoms with Crippen LogP contribution in [0.4, 0.5) is 13.2 Å². The summed E-state index contributed by atoms with van der Waals surface area (Å²) in [6.45, 7) is 7.39. The second-order valence-corrected chi connectivity index (χ2v) is 6.72. The highest BCUT2D eigenvalue weighted by Gasteiger charge is 2.34. The predicted octanol–water partition coefficient (Wildman–Crippen LogP) is 4.91. The van der Waals surface area contributed by atoms with E-state index < -0.39 is 12.6 Å². The first-order valence-corrected chi connectivity index (χ1v) is 7.54. The van der Waals surface area contributed by atoms with Crippen LogP contribution in [0.2, 0.25) is 0 Å². The van der Waals surface area contributed by atoms with Crippen LogP contribution >= 0.6 is 0 Å². The summed E-state index contributed by atoms with van der Waals surface area (Å²) in [4.78, 5) is 0. The predicted molar refractivity (Wildman–Crippen MR) is 73.1 cm³/mol. The van der Waals surface area contributed by atoms with Crippen LogP contribution in [0.1, 0.15) is 65.7 Å². The van der Waals surface area contributed by atoms with Crippen LogP contribution in [0.3, 0.4) is 0 Å². The topological polar surface area (TPSA) is 12.0 Å². The summed E-state index contributed by atoms with van der Waals surface area (Å²) in [6, 6.07) is 0.0395. The standard InChI is InChI=1S/C15H28F3N/c1-4-11-19-13(7-10-15(16,17)18)12-5-8-14(2,3)9-6-12/h12-13,19H,4-11H2,1-3H3. The monoisotopic (exact) mass is 279 g/mol. The van der Waals surface area contributed by atoms with Crippen molar-refractivity contribution in [3.05, 3.63) is 0 Å². The second-order valence-electron chi connectivity index (χ2n) is 6.72. The summed E-state index contributed by atoms with van der Waals surface area (Å²) < 4.78 is 37.2. The maximum Gasteiger partial charge on any atom is 0.389 e. The van der Waals surface area contributed by atoms with Crippen LogP contribution in [-0.4, -0.2) is 18.8 Å². The van der Waals surface area contributed by atoms with Gasteiger partial charge in [0.15, 0.2) is 0 Å². The molecule has 1 N–H and O–H groups in total. The normalized spacial score (nSPS) is 22.4. The van der Waals surface area contributed by atoms with Gasteiger partial charge in [-0.2, -0.15) is 13.2 Å². The first kappa shape index (κ1) is 16.8. The van der Waals surface area contributed by atoms with E-state index in [1.54, 1.807) is 0 Å². The third-order valence-electron chi connectivity index (χ3n) is 4.35. The smallest absolute Gasteiger partial charge is 0.314 e. The van der Waals surface area contributed by atoms with Gasteiger partial charge in [-0.3, -0.25) is 0 Å². The average Bonchev–Trinajstić information content (AvgIpc) is 2.29. The Kier molecular flexibility index (Phi) is 6.15. The van der Waals surface area contributed by atoms with E-state index in [0.29, 0.717) is 11.3 Å². The molecule has 1 atom stereocenters. The van der Waals surface area contributed by atoms with Crippen molar-refractivity contribution < 1.29 is 13.2 Å². The number of rotatable bonds is 6. The van der Waals surface area contributed by atoms with E-state index in [9.17, 15) is 13.2 Å².